The van der Waals surface area contributed by atoms with Crippen LogP contribution >= 0.6 is 0 Å². The van der Waals surface area contributed by atoms with Crippen molar-refractivity contribution in [1.82, 2.24) is 0 Å². The first-order valence-electron chi connectivity index (χ1n) is 7.02. The Bertz CT molecular complexity index is 589. The molecular formula is C17H21N3. The molecule has 0 spiro atoms. The van der Waals surface area contributed by atoms with Crippen molar-refractivity contribution in [3.05, 3.63) is 59.7 Å². The molecule has 3 rings (SSSR count). The number of hydrogen-bond acceptors (Lipinski definition) is 3. The monoisotopic (exact) mass is 267 g/mol. The Morgan fingerprint density at radius 3 is 2.45 bits per heavy atom. The number of rotatable bonds is 3. The molecule has 3 heteroatoms. The van der Waals surface area contributed by atoms with Crippen molar-refractivity contribution in [2.45, 2.75) is 12.6 Å². The second-order valence-corrected chi connectivity index (χ2v) is 5.49. The van der Waals surface area contributed by atoms with Crippen molar-refractivity contribution in [3.8, 4) is 0 Å². The van der Waals surface area contributed by atoms with Gasteiger partial charge in [0, 0.05) is 38.6 Å². The van der Waals surface area contributed by atoms with Gasteiger partial charge in [0.15, 0.2) is 0 Å². The zero-order chi connectivity index (χ0) is 14.1. The smallest absolute Gasteiger partial charge is 0.0671 e. The molecule has 0 radical (unpaired) electrons. The lowest BCUT2D eigenvalue weighted by molar-refractivity contribution is 0.679. The fraction of sp³-hybridized carbons (Fsp3) is 0.294. The lowest BCUT2D eigenvalue weighted by atomic mass is 10.1. The molecule has 0 saturated heterocycles. The third kappa shape index (κ3) is 2.14. The minimum Gasteiger partial charge on any atom is -0.378 e. The van der Waals surface area contributed by atoms with Gasteiger partial charge < -0.3 is 15.5 Å². The standard InChI is InChI=1S/C17H21N3/c1-19(2)14-7-9-15(10-8-14)20-12-13-5-3-4-6-16(13)17(20)11-18/h3-10,17H,11-12,18H2,1-2H3. The van der Waals surface area contributed by atoms with E-state index < -0.39 is 0 Å². The summed E-state index contributed by atoms with van der Waals surface area (Å²) in [6, 6.07) is 17.6. The number of anilines is 2. The highest BCUT2D eigenvalue weighted by atomic mass is 15.2. The van der Waals surface area contributed by atoms with E-state index >= 15 is 0 Å². The fourth-order valence-electron chi connectivity index (χ4n) is 2.93. The summed E-state index contributed by atoms with van der Waals surface area (Å²) in [5.74, 6) is 0. The van der Waals surface area contributed by atoms with Crippen LogP contribution in [0.3, 0.4) is 0 Å². The van der Waals surface area contributed by atoms with Crippen LogP contribution in [0.4, 0.5) is 11.4 Å². The molecule has 0 aromatic heterocycles. The van der Waals surface area contributed by atoms with Crippen LogP contribution in [0.2, 0.25) is 0 Å². The average molecular weight is 267 g/mol. The average Bonchev–Trinajstić information content (AvgIpc) is 2.85. The van der Waals surface area contributed by atoms with E-state index in [2.05, 4.69) is 72.4 Å². The van der Waals surface area contributed by atoms with Crippen LogP contribution in [0.15, 0.2) is 48.5 Å². The third-order valence-electron chi connectivity index (χ3n) is 4.05. The molecule has 2 aromatic rings. The number of nitrogens with two attached hydrogens (primary N) is 1. The third-order valence-corrected chi connectivity index (χ3v) is 4.05. The molecule has 2 aromatic carbocycles. The lowest BCUT2D eigenvalue weighted by Gasteiger charge is -2.27. The minimum absolute atomic E-state index is 0.288. The SMILES string of the molecule is CN(C)c1ccc(N2Cc3ccccc3C2CN)cc1. The van der Waals surface area contributed by atoms with Gasteiger partial charge in [0.25, 0.3) is 0 Å². The summed E-state index contributed by atoms with van der Waals surface area (Å²) >= 11 is 0. The summed E-state index contributed by atoms with van der Waals surface area (Å²) in [5, 5.41) is 0. The van der Waals surface area contributed by atoms with Gasteiger partial charge in [0.2, 0.25) is 0 Å². The molecule has 1 heterocycles. The van der Waals surface area contributed by atoms with Crippen LogP contribution in [0.1, 0.15) is 17.2 Å². The largest absolute Gasteiger partial charge is 0.378 e. The van der Waals surface area contributed by atoms with Crippen molar-refractivity contribution >= 4 is 11.4 Å². The number of nitrogens with zero attached hydrogens (tertiary/aromatic N) is 2. The molecule has 1 atom stereocenters. The van der Waals surface area contributed by atoms with E-state index in [1.807, 2.05) is 0 Å². The van der Waals surface area contributed by atoms with Crippen molar-refractivity contribution in [2.75, 3.05) is 30.4 Å². The Kier molecular flexibility index (Phi) is 3.36. The van der Waals surface area contributed by atoms with E-state index in [1.165, 1.54) is 22.5 Å². The topological polar surface area (TPSA) is 32.5 Å². The van der Waals surface area contributed by atoms with Crippen LogP contribution in [0.5, 0.6) is 0 Å². The highest BCUT2D eigenvalue weighted by Gasteiger charge is 2.28. The molecule has 104 valence electrons. The molecule has 2 N–H and O–H groups in total. The summed E-state index contributed by atoms with van der Waals surface area (Å²) in [7, 11) is 4.12. The van der Waals surface area contributed by atoms with Crippen molar-refractivity contribution in [1.29, 1.82) is 0 Å². The van der Waals surface area contributed by atoms with E-state index in [4.69, 9.17) is 5.73 Å². The Labute approximate surface area is 120 Å². The van der Waals surface area contributed by atoms with E-state index in [1.54, 1.807) is 0 Å². The first-order valence-corrected chi connectivity index (χ1v) is 7.02. The predicted molar refractivity (Wildman–Crippen MR) is 85.2 cm³/mol. The van der Waals surface area contributed by atoms with E-state index in [-0.39, 0.29) is 6.04 Å². The number of fused-ring (bicyclic) bond motifs is 1. The van der Waals surface area contributed by atoms with Crippen molar-refractivity contribution in [2.24, 2.45) is 5.73 Å². The lowest BCUT2D eigenvalue weighted by Crippen LogP contribution is -2.27. The van der Waals surface area contributed by atoms with Gasteiger partial charge in [-0.25, -0.2) is 0 Å². The first-order chi connectivity index (χ1) is 9.70. The van der Waals surface area contributed by atoms with E-state index in [0.29, 0.717) is 6.54 Å². The highest BCUT2D eigenvalue weighted by Crippen LogP contribution is 2.37. The molecule has 0 amide bonds. The second kappa shape index (κ2) is 5.17. The molecule has 0 aliphatic carbocycles. The number of benzene rings is 2. The summed E-state index contributed by atoms with van der Waals surface area (Å²) in [6.45, 7) is 1.59. The molecule has 0 bridgehead atoms. The normalized spacial score (nSPS) is 17.1. The van der Waals surface area contributed by atoms with Gasteiger partial charge in [-0.2, -0.15) is 0 Å². The molecule has 0 saturated carbocycles. The first kappa shape index (κ1) is 13.0. The summed E-state index contributed by atoms with van der Waals surface area (Å²) in [5.41, 5.74) is 11.2. The van der Waals surface area contributed by atoms with Crippen molar-refractivity contribution in [3.63, 3.8) is 0 Å². The van der Waals surface area contributed by atoms with E-state index in [9.17, 15) is 0 Å². The molecule has 20 heavy (non-hydrogen) atoms. The maximum absolute atomic E-state index is 6.00. The molecule has 1 aliphatic rings. The Morgan fingerprint density at radius 1 is 1.10 bits per heavy atom. The quantitative estimate of drug-likeness (QED) is 0.928. The van der Waals surface area contributed by atoms with Gasteiger partial charge in [-0.1, -0.05) is 24.3 Å². The van der Waals surface area contributed by atoms with Crippen molar-refractivity contribution < 1.29 is 0 Å². The van der Waals surface area contributed by atoms with Gasteiger partial charge in [0.05, 0.1) is 6.04 Å². The fourth-order valence-corrected chi connectivity index (χ4v) is 2.93. The predicted octanol–water partition coefficient (Wildman–Crippen LogP) is 2.77. The minimum atomic E-state index is 0.288. The van der Waals surface area contributed by atoms with Gasteiger partial charge >= 0.3 is 0 Å². The molecule has 1 unspecified atom stereocenters. The Morgan fingerprint density at radius 2 is 1.80 bits per heavy atom. The summed E-state index contributed by atoms with van der Waals surface area (Å²) in [6.07, 6.45) is 0. The Balaban J connectivity index is 1.91. The van der Waals surface area contributed by atoms with Gasteiger partial charge in [-0.3, -0.25) is 0 Å². The van der Waals surface area contributed by atoms with E-state index in [0.717, 1.165) is 6.54 Å². The maximum Gasteiger partial charge on any atom is 0.0671 e. The summed E-state index contributed by atoms with van der Waals surface area (Å²) in [4.78, 5) is 4.51. The second-order valence-electron chi connectivity index (χ2n) is 5.49. The Hall–Kier alpha value is -2.00. The van der Waals surface area contributed by atoms with Crippen LogP contribution in [-0.4, -0.2) is 20.6 Å². The highest BCUT2D eigenvalue weighted by molar-refractivity contribution is 5.59. The van der Waals surface area contributed by atoms with Gasteiger partial charge in [-0.05, 0) is 35.4 Å². The van der Waals surface area contributed by atoms with Crippen LogP contribution in [0.25, 0.3) is 0 Å². The zero-order valence-electron chi connectivity index (χ0n) is 12.1. The van der Waals surface area contributed by atoms with Gasteiger partial charge in [0.1, 0.15) is 0 Å². The van der Waals surface area contributed by atoms with Crippen LogP contribution in [0, 0.1) is 0 Å². The molecule has 3 nitrogen and oxygen atoms in total. The van der Waals surface area contributed by atoms with Gasteiger partial charge in [-0.15, -0.1) is 0 Å². The van der Waals surface area contributed by atoms with Crippen LogP contribution < -0.4 is 15.5 Å². The van der Waals surface area contributed by atoms with Crippen LogP contribution in [-0.2, 0) is 6.54 Å². The summed E-state index contributed by atoms with van der Waals surface area (Å²) < 4.78 is 0. The molecular weight excluding hydrogens is 246 g/mol. The maximum atomic E-state index is 6.00. The molecule has 0 fully saturated rings. The zero-order valence-corrected chi connectivity index (χ0v) is 12.1. The number of hydrogen-bond donors (Lipinski definition) is 1. The molecule has 1 aliphatic heterocycles.